The molecule has 2 atom stereocenters. The molecule has 0 unspecified atom stereocenters. The Morgan fingerprint density at radius 3 is 2.39 bits per heavy atom. The van der Waals surface area contributed by atoms with Crippen LogP contribution in [0.15, 0.2) is 48.5 Å². The van der Waals surface area contributed by atoms with Crippen LogP contribution in [-0.2, 0) is 27.4 Å². The molecule has 0 saturated heterocycles. The highest BCUT2D eigenvalue weighted by Crippen LogP contribution is 2.12. The fourth-order valence-corrected chi connectivity index (χ4v) is 2.90. The Labute approximate surface area is 181 Å². The van der Waals surface area contributed by atoms with Crippen molar-refractivity contribution < 1.29 is 24.2 Å². The second-order valence-electron chi connectivity index (χ2n) is 7.45. The molecule has 2 rings (SSSR count). The van der Waals surface area contributed by atoms with Crippen LogP contribution < -0.4 is 16.4 Å². The molecule has 31 heavy (non-hydrogen) atoms. The summed E-state index contributed by atoms with van der Waals surface area (Å²) in [5.41, 5.74) is 9.33. The van der Waals surface area contributed by atoms with Gasteiger partial charge in [-0.1, -0.05) is 48.5 Å². The van der Waals surface area contributed by atoms with Crippen molar-refractivity contribution in [1.29, 1.82) is 0 Å². The van der Waals surface area contributed by atoms with E-state index in [0.717, 1.165) is 22.3 Å². The first-order valence-corrected chi connectivity index (χ1v) is 10.0. The molecule has 166 valence electrons. The second kappa shape index (κ2) is 11.7. The molecule has 0 aromatic heterocycles. The van der Waals surface area contributed by atoms with E-state index in [1.54, 1.807) is 0 Å². The minimum absolute atomic E-state index is 0.0992. The van der Waals surface area contributed by atoms with Crippen LogP contribution in [0.4, 0.5) is 4.79 Å². The van der Waals surface area contributed by atoms with Gasteiger partial charge in [0, 0.05) is 13.0 Å². The van der Waals surface area contributed by atoms with E-state index in [1.807, 2.05) is 62.4 Å². The molecule has 0 heterocycles. The number of benzene rings is 2. The number of nitrogens with one attached hydrogen (secondary N) is 2. The molecule has 3 amide bonds. The van der Waals surface area contributed by atoms with E-state index in [2.05, 4.69) is 10.6 Å². The third-order valence-electron chi connectivity index (χ3n) is 4.81. The molecule has 0 fully saturated rings. The summed E-state index contributed by atoms with van der Waals surface area (Å²) in [6.45, 7) is 3.88. The number of hydrogen-bond acceptors (Lipinski definition) is 5. The minimum Gasteiger partial charge on any atom is -0.445 e. The Balaban J connectivity index is 1.76. The number of ether oxygens (including phenoxy) is 1. The van der Waals surface area contributed by atoms with E-state index >= 15 is 0 Å². The third-order valence-corrected chi connectivity index (χ3v) is 4.81. The van der Waals surface area contributed by atoms with E-state index in [1.165, 1.54) is 0 Å². The lowest BCUT2D eigenvalue weighted by Crippen LogP contribution is -2.47. The molecule has 2 aromatic carbocycles. The van der Waals surface area contributed by atoms with Crippen molar-refractivity contribution in [3.8, 4) is 0 Å². The smallest absolute Gasteiger partial charge is 0.407 e. The van der Waals surface area contributed by atoms with Crippen LogP contribution in [-0.4, -0.2) is 41.7 Å². The number of hydrogen-bond donors (Lipinski definition) is 4. The highest BCUT2D eigenvalue weighted by molar-refractivity contribution is 5.87. The summed E-state index contributed by atoms with van der Waals surface area (Å²) in [6, 6.07) is 14.0. The number of aliphatic hydroxyl groups is 1. The summed E-state index contributed by atoms with van der Waals surface area (Å²) >= 11 is 0. The second-order valence-corrected chi connectivity index (χ2v) is 7.45. The first-order valence-electron chi connectivity index (χ1n) is 10.0. The Morgan fingerprint density at radius 1 is 1.03 bits per heavy atom. The van der Waals surface area contributed by atoms with E-state index in [-0.39, 0.29) is 26.0 Å². The maximum Gasteiger partial charge on any atom is 0.407 e. The van der Waals surface area contributed by atoms with Gasteiger partial charge in [0.15, 0.2) is 0 Å². The van der Waals surface area contributed by atoms with Gasteiger partial charge < -0.3 is 26.2 Å². The summed E-state index contributed by atoms with van der Waals surface area (Å²) in [4.78, 5) is 35.7. The molecule has 0 aliphatic rings. The lowest BCUT2D eigenvalue weighted by Gasteiger charge is -2.18. The number of carbonyl (C=O) groups is 3. The van der Waals surface area contributed by atoms with Crippen LogP contribution >= 0.6 is 0 Å². The molecule has 0 spiro atoms. The average Bonchev–Trinajstić information content (AvgIpc) is 2.73. The fourth-order valence-electron chi connectivity index (χ4n) is 2.90. The van der Waals surface area contributed by atoms with Crippen LogP contribution in [0.25, 0.3) is 0 Å². The van der Waals surface area contributed by atoms with Gasteiger partial charge in [0.25, 0.3) is 0 Å². The van der Waals surface area contributed by atoms with E-state index < -0.39 is 30.1 Å². The van der Waals surface area contributed by atoms with E-state index in [9.17, 15) is 19.5 Å². The number of primary amides is 1. The van der Waals surface area contributed by atoms with Crippen LogP contribution in [0.3, 0.4) is 0 Å². The highest BCUT2D eigenvalue weighted by Gasteiger charge is 2.21. The predicted molar refractivity (Wildman–Crippen MR) is 116 cm³/mol. The number of rotatable bonds is 10. The lowest BCUT2D eigenvalue weighted by molar-refractivity contribution is -0.128. The largest absolute Gasteiger partial charge is 0.445 e. The molecule has 2 aromatic rings. The quantitative estimate of drug-likeness (QED) is 0.456. The summed E-state index contributed by atoms with van der Waals surface area (Å²) in [5, 5.41) is 15.0. The number of aliphatic hydroxyl groups excluding tert-OH is 1. The third kappa shape index (κ3) is 8.47. The van der Waals surface area contributed by atoms with Crippen LogP contribution in [0.1, 0.15) is 28.7 Å². The molecule has 8 nitrogen and oxygen atoms in total. The predicted octanol–water partition coefficient (Wildman–Crippen LogP) is 1.49. The summed E-state index contributed by atoms with van der Waals surface area (Å²) in [7, 11) is 0. The Morgan fingerprint density at radius 2 is 1.74 bits per heavy atom. The van der Waals surface area contributed by atoms with Gasteiger partial charge in [0.1, 0.15) is 12.6 Å². The maximum atomic E-state index is 12.2. The minimum atomic E-state index is -1.14. The zero-order chi connectivity index (χ0) is 22.8. The lowest BCUT2D eigenvalue weighted by atomic mass is 10.0. The Kier molecular flexibility index (Phi) is 9.02. The van der Waals surface area contributed by atoms with Gasteiger partial charge >= 0.3 is 6.09 Å². The zero-order valence-electron chi connectivity index (χ0n) is 17.8. The summed E-state index contributed by atoms with van der Waals surface area (Å²) in [5.74, 6) is -1.21. The van der Waals surface area contributed by atoms with Crippen molar-refractivity contribution in [3.63, 3.8) is 0 Å². The summed E-state index contributed by atoms with van der Waals surface area (Å²) in [6.07, 6.45) is -1.88. The molecule has 0 aliphatic carbocycles. The average molecular weight is 428 g/mol. The van der Waals surface area contributed by atoms with Crippen molar-refractivity contribution in [2.24, 2.45) is 5.73 Å². The van der Waals surface area contributed by atoms with Crippen molar-refractivity contribution in [1.82, 2.24) is 10.6 Å². The maximum absolute atomic E-state index is 12.2. The van der Waals surface area contributed by atoms with Crippen LogP contribution in [0.5, 0.6) is 0 Å². The molecule has 8 heteroatoms. The van der Waals surface area contributed by atoms with Crippen molar-refractivity contribution in [3.05, 3.63) is 70.8 Å². The Hall–Kier alpha value is -3.39. The first-order chi connectivity index (χ1) is 14.7. The van der Waals surface area contributed by atoms with Crippen LogP contribution in [0.2, 0.25) is 0 Å². The molecule has 0 saturated carbocycles. The van der Waals surface area contributed by atoms with Gasteiger partial charge in [0.2, 0.25) is 11.8 Å². The highest BCUT2D eigenvalue weighted by atomic mass is 16.5. The van der Waals surface area contributed by atoms with Crippen molar-refractivity contribution in [2.75, 3.05) is 6.54 Å². The molecular weight excluding hydrogens is 398 g/mol. The SMILES string of the molecule is Cc1ccc(C[C@H](NC(=O)C[C@H](O)CNC(=O)OCc2ccccc2)C(N)=O)cc1C. The number of carbonyl (C=O) groups excluding carboxylic acids is 3. The topological polar surface area (TPSA) is 131 Å². The molecular formula is C23H29N3O5. The van der Waals surface area contributed by atoms with Gasteiger partial charge in [0.05, 0.1) is 12.5 Å². The van der Waals surface area contributed by atoms with E-state index in [4.69, 9.17) is 10.5 Å². The number of aryl methyl sites for hydroxylation is 2. The first kappa shape index (κ1) is 23.9. The molecule has 0 radical (unpaired) electrons. The number of nitrogens with two attached hydrogens (primary N) is 1. The standard InChI is InChI=1S/C23H29N3O5/c1-15-8-9-18(10-16(15)2)11-20(22(24)29)26-21(28)12-19(27)13-25-23(30)31-14-17-6-4-3-5-7-17/h3-10,19-20,27H,11-14H2,1-2H3,(H2,24,29)(H,25,30)(H,26,28)/t19-,20-/m0/s1. The Bertz CT molecular complexity index is 901. The number of amides is 3. The fraction of sp³-hybridized carbons (Fsp3) is 0.348. The van der Waals surface area contributed by atoms with Crippen molar-refractivity contribution >= 4 is 17.9 Å². The molecule has 5 N–H and O–H groups in total. The monoisotopic (exact) mass is 427 g/mol. The normalized spacial score (nSPS) is 12.5. The molecule has 0 aliphatic heterocycles. The molecule has 0 bridgehead atoms. The van der Waals surface area contributed by atoms with E-state index in [0.29, 0.717) is 0 Å². The van der Waals surface area contributed by atoms with Gasteiger partial charge in [-0.3, -0.25) is 9.59 Å². The zero-order valence-corrected chi connectivity index (χ0v) is 17.8. The van der Waals surface area contributed by atoms with Crippen molar-refractivity contribution in [2.45, 2.75) is 45.4 Å². The van der Waals surface area contributed by atoms with Gasteiger partial charge in [-0.15, -0.1) is 0 Å². The van der Waals surface area contributed by atoms with Gasteiger partial charge in [-0.05, 0) is 36.1 Å². The van der Waals surface area contributed by atoms with Crippen LogP contribution in [0, 0.1) is 13.8 Å². The number of alkyl carbamates (subject to hydrolysis) is 1. The van der Waals surface area contributed by atoms with Gasteiger partial charge in [-0.2, -0.15) is 0 Å². The summed E-state index contributed by atoms with van der Waals surface area (Å²) < 4.78 is 5.04. The van der Waals surface area contributed by atoms with Gasteiger partial charge in [-0.25, -0.2) is 4.79 Å².